The number of methoxy groups -OCH3 is 1. The van der Waals surface area contributed by atoms with Gasteiger partial charge in [0.2, 0.25) is 5.95 Å². The second kappa shape index (κ2) is 7.29. The number of rotatable bonds is 4. The summed E-state index contributed by atoms with van der Waals surface area (Å²) in [5.74, 6) is 0.824. The van der Waals surface area contributed by atoms with Crippen LogP contribution in [-0.2, 0) is 0 Å². The summed E-state index contributed by atoms with van der Waals surface area (Å²) in [4.78, 5) is 21.7. The Labute approximate surface area is 171 Å². The predicted molar refractivity (Wildman–Crippen MR) is 116 cm³/mol. The molecule has 5 aromatic rings. The minimum absolute atomic E-state index is 0.280. The molecule has 5 rings (SSSR count). The van der Waals surface area contributed by atoms with Gasteiger partial charge in [0.05, 0.1) is 23.9 Å². The summed E-state index contributed by atoms with van der Waals surface area (Å²) < 4.78 is 5.30. The fourth-order valence-electron chi connectivity index (χ4n) is 3.46. The van der Waals surface area contributed by atoms with Crippen LogP contribution in [-0.4, -0.2) is 33.2 Å². The number of fused-ring (bicyclic) bond motifs is 2. The largest absolute Gasteiger partial charge is 0.497 e. The number of nitrogens with one attached hydrogen (secondary N) is 2. The number of amides is 1. The Bertz CT molecular complexity index is 1380. The molecule has 7 nitrogen and oxygen atoms in total. The molecule has 0 radical (unpaired) electrons. The van der Waals surface area contributed by atoms with Crippen LogP contribution in [0, 0.1) is 0 Å². The zero-order valence-electron chi connectivity index (χ0n) is 16.1. The monoisotopic (exact) mass is 395 g/mol. The first-order valence-corrected chi connectivity index (χ1v) is 9.36. The maximum Gasteiger partial charge on any atom is 0.258 e. The third-order valence-electron chi connectivity index (χ3n) is 4.95. The molecular formula is C23H17N5O2. The Morgan fingerprint density at radius 2 is 1.83 bits per heavy atom. The zero-order valence-corrected chi connectivity index (χ0v) is 16.1. The van der Waals surface area contributed by atoms with Crippen LogP contribution in [0.3, 0.4) is 0 Å². The molecule has 0 saturated carbocycles. The lowest BCUT2D eigenvalue weighted by atomic mass is 10.0. The summed E-state index contributed by atoms with van der Waals surface area (Å²) in [6, 6.07) is 21.4. The molecule has 0 aliphatic rings. The maximum atomic E-state index is 13.0. The third kappa shape index (κ3) is 3.22. The molecule has 7 heteroatoms. The molecule has 30 heavy (non-hydrogen) atoms. The lowest BCUT2D eigenvalue weighted by Crippen LogP contribution is -2.14. The fraction of sp³-hybridized carbons (Fsp3) is 0.0435. The lowest BCUT2D eigenvalue weighted by molar-refractivity contribution is 0.102. The summed E-state index contributed by atoms with van der Waals surface area (Å²) in [5, 5.41) is 12.1. The molecule has 2 aromatic heterocycles. The van der Waals surface area contributed by atoms with E-state index in [2.05, 4.69) is 26.6 Å². The van der Waals surface area contributed by atoms with E-state index in [-0.39, 0.29) is 5.91 Å². The number of aromatic amines is 1. The van der Waals surface area contributed by atoms with E-state index in [9.17, 15) is 4.79 Å². The summed E-state index contributed by atoms with van der Waals surface area (Å²) in [6.07, 6.45) is 1.34. The molecule has 0 aliphatic carbocycles. The van der Waals surface area contributed by atoms with E-state index in [1.54, 1.807) is 13.2 Å². The number of aromatic nitrogens is 4. The van der Waals surface area contributed by atoms with Crippen molar-refractivity contribution in [1.82, 2.24) is 20.2 Å². The van der Waals surface area contributed by atoms with Gasteiger partial charge in [0, 0.05) is 10.9 Å². The van der Waals surface area contributed by atoms with Crippen LogP contribution in [0.25, 0.3) is 32.9 Å². The van der Waals surface area contributed by atoms with Gasteiger partial charge in [-0.2, -0.15) is 10.1 Å². The number of carbonyl (C=O) groups is 1. The molecule has 3 aromatic carbocycles. The Morgan fingerprint density at radius 1 is 1.00 bits per heavy atom. The van der Waals surface area contributed by atoms with E-state index >= 15 is 0 Å². The van der Waals surface area contributed by atoms with E-state index in [4.69, 9.17) is 9.72 Å². The van der Waals surface area contributed by atoms with Gasteiger partial charge in [0.25, 0.3) is 5.91 Å². The van der Waals surface area contributed by atoms with Crippen molar-refractivity contribution in [3.63, 3.8) is 0 Å². The number of nitrogens with zero attached hydrogens (tertiary/aromatic N) is 3. The molecule has 0 unspecified atom stereocenters. The minimum Gasteiger partial charge on any atom is -0.497 e. The van der Waals surface area contributed by atoms with Crippen molar-refractivity contribution in [2.24, 2.45) is 0 Å². The molecule has 0 saturated heterocycles. The van der Waals surface area contributed by atoms with Crippen LogP contribution in [0.1, 0.15) is 10.4 Å². The summed E-state index contributed by atoms with van der Waals surface area (Å²) >= 11 is 0. The van der Waals surface area contributed by atoms with Crippen LogP contribution >= 0.6 is 0 Å². The van der Waals surface area contributed by atoms with E-state index in [0.29, 0.717) is 17.2 Å². The molecule has 146 valence electrons. The molecule has 2 N–H and O–H groups in total. The van der Waals surface area contributed by atoms with Gasteiger partial charge in [0.1, 0.15) is 12.1 Å². The van der Waals surface area contributed by atoms with Gasteiger partial charge >= 0.3 is 0 Å². The normalized spacial score (nSPS) is 11.0. The summed E-state index contributed by atoms with van der Waals surface area (Å²) in [7, 11) is 1.65. The van der Waals surface area contributed by atoms with Crippen molar-refractivity contribution in [3.05, 3.63) is 78.6 Å². The van der Waals surface area contributed by atoms with Crippen molar-refractivity contribution in [3.8, 4) is 17.0 Å². The van der Waals surface area contributed by atoms with Gasteiger partial charge in [-0.3, -0.25) is 10.1 Å². The Hall–Kier alpha value is -4.26. The quantitative estimate of drug-likeness (QED) is 0.469. The van der Waals surface area contributed by atoms with Gasteiger partial charge < -0.3 is 4.74 Å². The van der Waals surface area contributed by atoms with E-state index < -0.39 is 0 Å². The second-order valence-corrected chi connectivity index (χ2v) is 6.79. The minimum atomic E-state index is -0.280. The molecule has 1 amide bonds. The van der Waals surface area contributed by atoms with Gasteiger partial charge in [-0.1, -0.05) is 36.4 Å². The van der Waals surface area contributed by atoms with E-state index in [1.807, 2.05) is 54.6 Å². The number of ether oxygens (including phenoxy) is 1. The molecule has 0 fully saturated rings. The number of benzene rings is 3. The van der Waals surface area contributed by atoms with Crippen molar-refractivity contribution in [1.29, 1.82) is 0 Å². The first-order valence-electron chi connectivity index (χ1n) is 9.36. The lowest BCUT2D eigenvalue weighted by Gasteiger charge is -2.10. The van der Waals surface area contributed by atoms with Gasteiger partial charge in [-0.25, -0.2) is 10.1 Å². The molecule has 0 atom stereocenters. The molecule has 2 heterocycles. The van der Waals surface area contributed by atoms with Crippen LogP contribution in [0.5, 0.6) is 5.75 Å². The number of hydrogen-bond donors (Lipinski definition) is 2. The fourth-order valence-corrected chi connectivity index (χ4v) is 3.46. The number of pyridine rings is 1. The van der Waals surface area contributed by atoms with Crippen LogP contribution in [0.2, 0.25) is 0 Å². The van der Waals surface area contributed by atoms with Crippen LogP contribution in [0.15, 0.2) is 73.1 Å². The predicted octanol–water partition coefficient (Wildman–Crippen LogP) is 4.43. The maximum absolute atomic E-state index is 13.0. The molecule has 0 bridgehead atoms. The zero-order chi connectivity index (χ0) is 20.5. The smallest absolute Gasteiger partial charge is 0.258 e. The first-order chi connectivity index (χ1) is 14.7. The van der Waals surface area contributed by atoms with Crippen LogP contribution < -0.4 is 10.1 Å². The van der Waals surface area contributed by atoms with Crippen LogP contribution in [0.4, 0.5) is 5.95 Å². The van der Waals surface area contributed by atoms with Gasteiger partial charge in [0.15, 0.2) is 0 Å². The first kappa shape index (κ1) is 17.8. The molecule has 0 aliphatic heterocycles. The summed E-state index contributed by atoms with van der Waals surface area (Å²) in [5.41, 5.74) is 2.90. The van der Waals surface area contributed by atoms with Crippen molar-refractivity contribution < 1.29 is 9.53 Å². The van der Waals surface area contributed by atoms with E-state index in [1.165, 1.54) is 6.33 Å². The Kier molecular flexibility index (Phi) is 4.33. The van der Waals surface area contributed by atoms with E-state index in [0.717, 1.165) is 33.0 Å². The standard InChI is InChI=1S/C23H17N5O2/c1-30-17-9-8-14-10-16(7-6-15(14)11-17)21-12-19(18-4-2-3-5-20(18)26-21)22(29)27-23-24-13-25-28-23/h2-13H,1H3,(H2,24,25,27,28,29). The number of para-hydroxylation sites is 1. The van der Waals surface area contributed by atoms with Gasteiger partial charge in [-0.15, -0.1) is 0 Å². The average molecular weight is 395 g/mol. The number of hydrogen-bond acceptors (Lipinski definition) is 5. The molecular weight excluding hydrogens is 378 g/mol. The highest BCUT2D eigenvalue weighted by atomic mass is 16.5. The highest BCUT2D eigenvalue weighted by Gasteiger charge is 2.15. The topological polar surface area (TPSA) is 92.8 Å². The second-order valence-electron chi connectivity index (χ2n) is 6.79. The third-order valence-corrected chi connectivity index (χ3v) is 4.95. The van der Waals surface area contributed by atoms with Crippen molar-refractivity contribution in [2.75, 3.05) is 12.4 Å². The Morgan fingerprint density at radius 3 is 2.67 bits per heavy atom. The Balaban J connectivity index is 1.62. The van der Waals surface area contributed by atoms with Gasteiger partial charge in [-0.05, 0) is 41.1 Å². The highest BCUT2D eigenvalue weighted by Crippen LogP contribution is 2.29. The van der Waals surface area contributed by atoms with Crippen molar-refractivity contribution in [2.45, 2.75) is 0 Å². The summed E-state index contributed by atoms with van der Waals surface area (Å²) in [6.45, 7) is 0. The number of carbonyl (C=O) groups excluding carboxylic acids is 1. The molecule has 0 spiro atoms. The highest BCUT2D eigenvalue weighted by molar-refractivity contribution is 6.12. The number of anilines is 1. The SMILES string of the molecule is COc1ccc2cc(-c3cc(C(=O)Nc4ncn[nH]4)c4ccccc4n3)ccc2c1. The average Bonchev–Trinajstić information content (AvgIpc) is 3.30. The van der Waals surface area contributed by atoms with Crippen molar-refractivity contribution >= 4 is 33.5 Å². The number of H-pyrrole nitrogens is 1.